The van der Waals surface area contributed by atoms with E-state index in [1.54, 1.807) is 7.11 Å². The average molecular weight is 298 g/mol. The summed E-state index contributed by atoms with van der Waals surface area (Å²) in [6, 6.07) is 0.688. The van der Waals surface area contributed by atoms with E-state index in [0.29, 0.717) is 24.8 Å². The highest BCUT2D eigenvalue weighted by atomic mass is 16.5. The molecule has 1 aliphatic carbocycles. The van der Waals surface area contributed by atoms with Crippen LogP contribution in [0.2, 0.25) is 0 Å². The fourth-order valence-corrected chi connectivity index (χ4v) is 3.91. The molecule has 1 unspecified atom stereocenters. The van der Waals surface area contributed by atoms with Crippen LogP contribution in [0.15, 0.2) is 0 Å². The maximum atomic E-state index is 5.69. The Morgan fingerprint density at radius 3 is 2.67 bits per heavy atom. The van der Waals surface area contributed by atoms with Gasteiger partial charge in [0.05, 0.1) is 19.8 Å². The van der Waals surface area contributed by atoms with E-state index < -0.39 is 0 Å². The van der Waals surface area contributed by atoms with E-state index in [4.69, 9.17) is 9.47 Å². The van der Waals surface area contributed by atoms with Gasteiger partial charge in [-0.25, -0.2) is 0 Å². The lowest BCUT2D eigenvalue weighted by Crippen LogP contribution is -2.65. The molecule has 1 atom stereocenters. The van der Waals surface area contributed by atoms with Gasteiger partial charge in [0.25, 0.3) is 0 Å². The average Bonchev–Trinajstić information content (AvgIpc) is 2.51. The number of rotatable bonds is 8. The van der Waals surface area contributed by atoms with Crippen LogP contribution in [0.25, 0.3) is 0 Å². The van der Waals surface area contributed by atoms with Crippen molar-refractivity contribution in [3.05, 3.63) is 0 Å². The molecule has 0 bridgehead atoms. The number of methoxy groups -OCH3 is 1. The molecule has 0 aromatic carbocycles. The van der Waals surface area contributed by atoms with Crippen molar-refractivity contribution in [2.24, 2.45) is 0 Å². The zero-order chi connectivity index (χ0) is 15.0. The Balaban J connectivity index is 1.82. The van der Waals surface area contributed by atoms with Crippen LogP contribution in [0.1, 0.15) is 51.9 Å². The molecular formula is C17H34N2O2. The Bertz CT molecular complexity index is 280. The maximum absolute atomic E-state index is 5.69. The van der Waals surface area contributed by atoms with Crippen molar-refractivity contribution in [2.75, 3.05) is 46.6 Å². The largest absolute Gasteiger partial charge is 0.382 e. The molecular weight excluding hydrogens is 264 g/mol. The van der Waals surface area contributed by atoms with Crippen LogP contribution in [0.4, 0.5) is 0 Å². The minimum absolute atomic E-state index is 0.398. The molecule has 1 aliphatic heterocycles. The molecule has 4 nitrogen and oxygen atoms in total. The van der Waals surface area contributed by atoms with E-state index >= 15 is 0 Å². The number of ether oxygens (including phenoxy) is 2. The maximum Gasteiger partial charge on any atom is 0.0700 e. The van der Waals surface area contributed by atoms with Crippen molar-refractivity contribution in [3.63, 3.8) is 0 Å². The molecule has 21 heavy (non-hydrogen) atoms. The van der Waals surface area contributed by atoms with Crippen molar-refractivity contribution >= 4 is 0 Å². The second-order valence-electron chi connectivity index (χ2n) is 6.74. The summed E-state index contributed by atoms with van der Waals surface area (Å²) < 4.78 is 10.7. The normalized spacial score (nSPS) is 26.3. The van der Waals surface area contributed by atoms with E-state index in [2.05, 4.69) is 17.1 Å². The quantitative estimate of drug-likeness (QED) is 0.698. The third kappa shape index (κ3) is 5.20. The van der Waals surface area contributed by atoms with Gasteiger partial charge in [-0.3, -0.25) is 4.90 Å². The summed E-state index contributed by atoms with van der Waals surface area (Å²) in [7, 11) is 1.73. The molecule has 2 aliphatic rings. The third-order valence-electron chi connectivity index (χ3n) is 5.12. The Labute approximate surface area is 130 Å². The summed E-state index contributed by atoms with van der Waals surface area (Å²) in [5.41, 5.74) is 0.398. The summed E-state index contributed by atoms with van der Waals surface area (Å²) in [5, 5.41) is 3.91. The van der Waals surface area contributed by atoms with Gasteiger partial charge in [0.1, 0.15) is 0 Å². The highest BCUT2D eigenvalue weighted by Crippen LogP contribution is 2.32. The number of piperazine rings is 1. The van der Waals surface area contributed by atoms with Crippen LogP contribution in [-0.4, -0.2) is 63.0 Å². The number of hydrogen-bond donors (Lipinski definition) is 1. The lowest BCUT2D eigenvalue weighted by atomic mass is 9.79. The summed E-state index contributed by atoms with van der Waals surface area (Å²) in [5.74, 6) is 0. The third-order valence-corrected chi connectivity index (χ3v) is 5.12. The van der Waals surface area contributed by atoms with Crippen LogP contribution in [0.5, 0.6) is 0 Å². The van der Waals surface area contributed by atoms with Gasteiger partial charge in [-0.15, -0.1) is 0 Å². The van der Waals surface area contributed by atoms with Gasteiger partial charge in [-0.2, -0.15) is 0 Å². The molecule has 1 N–H and O–H groups in total. The molecule has 1 spiro atoms. The van der Waals surface area contributed by atoms with E-state index in [9.17, 15) is 0 Å². The molecule has 0 radical (unpaired) electrons. The van der Waals surface area contributed by atoms with Crippen LogP contribution < -0.4 is 5.32 Å². The summed E-state index contributed by atoms with van der Waals surface area (Å²) >= 11 is 0. The van der Waals surface area contributed by atoms with Crippen LogP contribution in [0, 0.1) is 0 Å². The number of hydrogen-bond acceptors (Lipinski definition) is 4. The van der Waals surface area contributed by atoms with Crippen molar-refractivity contribution < 1.29 is 9.47 Å². The van der Waals surface area contributed by atoms with E-state index in [0.717, 1.165) is 19.7 Å². The molecule has 0 aromatic heterocycles. The summed E-state index contributed by atoms with van der Waals surface area (Å²) in [6.45, 7) is 7.98. The monoisotopic (exact) mass is 298 g/mol. The highest BCUT2D eigenvalue weighted by molar-refractivity contribution is 4.99. The molecule has 0 aromatic rings. The predicted octanol–water partition coefficient (Wildman–Crippen LogP) is 2.43. The second-order valence-corrected chi connectivity index (χ2v) is 6.74. The van der Waals surface area contributed by atoms with Gasteiger partial charge in [-0.05, 0) is 19.3 Å². The van der Waals surface area contributed by atoms with E-state index in [1.165, 1.54) is 51.5 Å². The van der Waals surface area contributed by atoms with Gasteiger partial charge in [0, 0.05) is 38.3 Å². The van der Waals surface area contributed by atoms with Crippen molar-refractivity contribution in [1.82, 2.24) is 10.2 Å². The van der Waals surface area contributed by atoms with Crippen molar-refractivity contribution in [2.45, 2.75) is 63.5 Å². The Kier molecular flexibility index (Phi) is 7.44. The van der Waals surface area contributed by atoms with Gasteiger partial charge >= 0.3 is 0 Å². The topological polar surface area (TPSA) is 33.7 Å². The first-order valence-corrected chi connectivity index (χ1v) is 8.85. The zero-order valence-corrected chi connectivity index (χ0v) is 14.0. The minimum atomic E-state index is 0.398. The van der Waals surface area contributed by atoms with Crippen molar-refractivity contribution in [3.8, 4) is 0 Å². The zero-order valence-electron chi connectivity index (χ0n) is 14.0. The lowest BCUT2D eigenvalue weighted by molar-refractivity contribution is 0.0140. The molecule has 4 heteroatoms. The number of nitrogens with zero attached hydrogens (tertiary/aromatic N) is 1. The molecule has 2 fully saturated rings. The first-order chi connectivity index (χ1) is 10.3. The van der Waals surface area contributed by atoms with Gasteiger partial charge in [0.2, 0.25) is 0 Å². The highest BCUT2D eigenvalue weighted by Gasteiger charge is 2.39. The van der Waals surface area contributed by atoms with Gasteiger partial charge < -0.3 is 14.8 Å². The Morgan fingerprint density at radius 1 is 1.14 bits per heavy atom. The van der Waals surface area contributed by atoms with Crippen LogP contribution in [0.3, 0.4) is 0 Å². The molecule has 1 heterocycles. The molecule has 0 amide bonds. The van der Waals surface area contributed by atoms with E-state index in [-0.39, 0.29) is 0 Å². The van der Waals surface area contributed by atoms with Gasteiger partial charge in [0.15, 0.2) is 0 Å². The fraction of sp³-hybridized carbons (Fsp3) is 1.00. The fourth-order valence-electron chi connectivity index (χ4n) is 3.91. The first kappa shape index (κ1) is 17.2. The Hall–Kier alpha value is -0.160. The summed E-state index contributed by atoms with van der Waals surface area (Å²) in [4.78, 5) is 2.69. The Morgan fingerprint density at radius 2 is 1.95 bits per heavy atom. The second kappa shape index (κ2) is 9.09. The smallest absolute Gasteiger partial charge is 0.0700 e. The molecule has 2 rings (SSSR count). The van der Waals surface area contributed by atoms with Crippen molar-refractivity contribution in [1.29, 1.82) is 0 Å². The molecule has 1 saturated carbocycles. The summed E-state index contributed by atoms with van der Waals surface area (Å²) in [6.07, 6.45) is 9.47. The standard InChI is InChI=1S/C17H34N2O2/c1-3-7-16-14-18-17(8-5-4-6-9-17)15-19(16)10-11-21-13-12-20-2/h16,18H,3-15H2,1-2H3. The SMILES string of the molecule is CCCC1CNC2(CCCCC2)CN1CCOCCOC. The molecule has 124 valence electrons. The van der Waals surface area contributed by atoms with Crippen LogP contribution >= 0.6 is 0 Å². The number of nitrogens with one attached hydrogen (secondary N) is 1. The minimum Gasteiger partial charge on any atom is -0.382 e. The lowest BCUT2D eigenvalue weighted by Gasteiger charge is -2.50. The first-order valence-electron chi connectivity index (χ1n) is 8.85. The van der Waals surface area contributed by atoms with Gasteiger partial charge in [-0.1, -0.05) is 32.6 Å². The van der Waals surface area contributed by atoms with E-state index in [1.807, 2.05) is 0 Å². The van der Waals surface area contributed by atoms with Crippen LogP contribution in [-0.2, 0) is 9.47 Å². The predicted molar refractivity (Wildman–Crippen MR) is 86.8 cm³/mol. The molecule has 1 saturated heterocycles.